The Labute approximate surface area is 198 Å². The summed E-state index contributed by atoms with van der Waals surface area (Å²) in [7, 11) is 0. The number of pyridine rings is 1. The Morgan fingerprint density at radius 1 is 1.09 bits per heavy atom. The molecule has 33 heavy (non-hydrogen) atoms. The molecule has 0 radical (unpaired) electrons. The molecule has 1 aromatic carbocycles. The number of aromatic nitrogens is 4. The van der Waals surface area contributed by atoms with Crippen molar-refractivity contribution in [2.75, 3.05) is 36.4 Å². The van der Waals surface area contributed by atoms with E-state index in [1.807, 2.05) is 12.1 Å². The van der Waals surface area contributed by atoms with Crippen LogP contribution in [0.2, 0.25) is 5.15 Å². The van der Waals surface area contributed by atoms with Gasteiger partial charge in [-0.25, -0.2) is 15.0 Å². The number of anilines is 3. The van der Waals surface area contributed by atoms with Crippen LogP contribution in [0.1, 0.15) is 18.9 Å². The molecule has 7 nitrogen and oxygen atoms in total. The first-order chi connectivity index (χ1) is 16.1. The van der Waals surface area contributed by atoms with E-state index in [1.165, 1.54) is 5.69 Å². The topological polar surface area (TPSA) is 70.9 Å². The van der Waals surface area contributed by atoms with Crippen LogP contribution >= 0.6 is 11.6 Å². The summed E-state index contributed by atoms with van der Waals surface area (Å²) in [6, 6.07) is 12.3. The Kier molecular flexibility index (Phi) is 6.15. The highest BCUT2D eigenvalue weighted by Gasteiger charge is 2.16. The molecule has 1 aliphatic heterocycles. The van der Waals surface area contributed by atoms with Crippen molar-refractivity contribution in [3.05, 3.63) is 59.5 Å². The molecule has 1 saturated heterocycles. The van der Waals surface area contributed by atoms with Gasteiger partial charge in [-0.1, -0.05) is 18.5 Å². The minimum absolute atomic E-state index is 0.493. The van der Waals surface area contributed by atoms with E-state index in [-0.39, 0.29) is 0 Å². The molecular formula is C25H28ClN7. The van der Waals surface area contributed by atoms with Crippen LogP contribution in [-0.4, -0.2) is 45.7 Å². The van der Waals surface area contributed by atoms with Crippen LogP contribution in [0.3, 0.4) is 0 Å². The molecule has 3 aromatic heterocycles. The van der Waals surface area contributed by atoms with Crippen LogP contribution in [-0.2, 0) is 6.54 Å². The van der Waals surface area contributed by atoms with E-state index in [0.29, 0.717) is 11.1 Å². The lowest BCUT2D eigenvalue weighted by Crippen LogP contribution is -2.43. The molecule has 2 N–H and O–H groups in total. The third-order valence-electron chi connectivity index (χ3n) is 5.98. The van der Waals surface area contributed by atoms with Crippen molar-refractivity contribution < 1.29 is 0 Å². The fourth-order valence-corrected chi connectivity index (χ4v) is 4.69. The van der Waals surface area contributed by atoms with Crippen LogP contribution < -0.4 is 15.5 Å². The minimum atomic E-state index is 0.493. The van der Waals surface area contributed by atoms with Gasteiger partial charge in [0.1, 0.15) is 5.15 Å². The van der Waals surface area contributed by atoms with Gasteiger partial charge in [-0.3, -0.25) is 0 Å². The number of benzene rings is 1. The molecular weight excluding hydrogens is 434 g/mol. The van der Waals surface area contributed by atoms with E-state index < -0.39 is 0 Å². The zero-order valence-corrected chi connectivity index (χ0v) is 19.7. The van der Waals surface area contributed by atoms with Crippen molar-refractivity contribution in [3.63, 3.8) is 0 Å². The summed E-state index contributed by atoms with van der Waals surface area (Å²) in [5, 5.41) is 7.22. The lowest BCUT2D eigenvalue weighted by atomic mass is 10.1. The van der Waals surface area contributed by atoms with Crippen LogP contribution in [0.4, 0.5) is 17.3 Å². The number of rotatable bonds is 6. The van der Waals surface area contributed by atoms with Crippen molar-refractivity contribution >= 4 is 40.0 Å². The molecule has 0 spiro atoms. The SMILES string of the molecule is CCCn1cc(-c2ccnc(Nc3ccc(N4CCNCC4)cc3)n2)c2nc(Cl)cc(C)c21. The van der Waals surface area contributed by atoms with Gasteiger partial charge in [0.15, 0.2) is 0 Å². The molecule has 1 aliphatic rings. The summed E-state index contributed by atoms with van der Waals surface area (Å²) in [4.78, 5) is 16.3. The van der Waals surface area contributed by atoms with Crippen LogP contribution in [0.5, 0.6) is 0 Å². The second-order valence-corrected chi connectivity index (χ2v) is 8.76. The summed E-state index contributed by atoms with van der Waals surface area (Å²) in [6.07, 6.45) is 4.94. The van der Waals surface area contributed by atoms with Gasteiger partial charge in [0, 0.05) is 62.1 Å². The summed E-state index contributed by atoms with van der Waals surface area (Å²) in [6.45, 7) is 9.26. The maximum absolute atomic E-state index is 6.30. The predicted molar refractivity (Wildman–Crippen MR) is 136 cm³/mol. The highest BCUT2D eigenvalue weighted by atomic mass is 35.5. The molecule has 0 atom stereocenters. The summed E-state index contributed by atoms with van der Waals surface area (Å²) in [5.74, 6) is 0.553. The lowest BCUT2D eigenvalue weighted by Gasteiger charge is -2.29. The highest BCUT2D eigenvalue weighted by Crippen LogP contribution is 2.32. The third-order valence-corrected chi connectivity index (χ3v) is 6.17. The molecule has 0 unspecified atom stereocenters. The Morgan fingerprint density at radius 3 is 2.64 bits per heavy atom. The minimum Gasteiger partial charge on any atom is -0.369 e. The van der Waals surface area contributed by atoms with Gasteiger partial charge in [0.05, 0.1) is 16.7 Å². The molecule has 8 heteroatoms. The van der Waals surface area contributed by atoms with Gasteiger partial charge in [-0.15, -0.1) is 0 Å². The number of hydrogen-bond acceptors (Lipinski definition) is 6. The van der Waals surface area contributed by atoms with Gasteiger partial charge in [0.25, 0.3) is 0 Å². The monoisotopic (exact) mass is 461 g/mol. The molecule has 0 saturated carbocycles. The molecule has 1 fully saturated rings. The number of nitrogens with one attached hydrogen (secondary N) is 2. The van der Waals surface area contributed by atoms with Crippen LogP contribution in [0, 0.1) is 6.92 Å². The van der Waals surface area contributed by atoms with E-state index in [0.717, 1.165) is 72.7 Å². The highest BCUT2D eigenvalue weighted by molar-refractivity contribution is 6.30. The molecule has 0 amide bonds. The fourth-order valence-electron chi connectivity index (χ4n) is 4.44. The van der Waals surface area contributed by atoms with E-state index >= 15 is 0 Å². The van der Waals surface area contributed by atoms with Crippen LogP contribution in [0.25, 0.3) is 22.3 Å². The standard InChI is InChI=1S/C25H28ClN7/c1-3-12-33-16-20(23-24(33)17(2)15-22(26)31-23)21-8-9-28-25(30-21)29-18-4-6-19(7-5-18)32-13-10-27-11-14-32/h4-9,15-16,27H,3,10-14H2,1-2H3,(H,28,29,30). The van der Waals surface area contributed by atoms with E-state index in [9.17, 15) is 0 Å². The second-order valence-electron chi connectivity index (χ2n) is 8.37. The third kappa shape index (κ3) is 4.51. The molecule has 170 valence electrons. The van der Waals surface area contributed by atoms with Gasteiger partial charge in [-0.05, 0) is 55.3 Å². The van der Waals surface area contributed by atoms with Crippen LogP contribution in [0.15, 0.2) is 48.8 Å². The van der Waals surface area contributed by atoms with Crippen molar-refractivity contribution in [1.82, 2.24) is 24.8 Å². The number of halogens is 1. The average Bonchev–Trinajstić information content (AvgIpc) is 3.19. The molecule has 4 aromatic rings. The van der Waals surface area contributed by atoms with E-state index in [1.54, 1.807) is 6.20 Å². The summed E-state index contributed by atoms with van der Waals surface area (Å²) in [5.41, 5.74) is 7.06. The zero-order chi connectivity index (χ0) is 22.8. The number of aryl methyl sites for hydroxylation is 2. The Balaban J connectivity index is 1.43. The summed E-state index contributed by atoms with van der Waals surface area (Å²) >= 11 is 6.30. The van der Waals surface area contributed by atoms with E-state index in [4.69, 9.17) is 16.6 Å². The van der Waals surface area contributed by atoms with Gasteiger partial charge < -0.3 is 20.1 Å². The molecule has 4 heterocycles. The smallest absolute Gasteiger partial charge is 0.227 e. The summed E-state index contributed by atoms with van der Waals surface area (Å²) < 4.78 is 2.24. The van der Waals surface area contributed by atoms with E-state index in [2.05, 4.69) is 74.4 Å². The normalized spacial score (nSPS) is 14.1. The molecule has 5 rings (SSSR count). The number of piperazine rings is 1. The van der Waals surface area contributed by atoms with Crippen molar-refractivity contribution in [2.45, 2.75) is 26.8 Å². The van der Waals surface area contributed by atoms with Gasteiger partial charge >= 0.3 is 0 Å². The second kappa shape index (κ2) is 9.37. The first-order valence-electron chi connectivity index (χ1n) is 11.4. The van der Waals surface area contributed by atoms with Crippen molar-refractivity contribution in [3.8, 4) is 11.3 Å². The Hall–Kier alpha value is -3.16. The maximum atomic E-state index is 6.30. The first-order valence-corrected chi connectivity index (χ1v) is 11.8. The lowest BCUT2D eigenvalue weighted by molar-refractivity contribution is 0.589. The van der Waals surface area contributed by atoms with Crippen molar-refractivity contribution in [2.24, 2.45) is 0 Å². The zero-order valence-electron chi connectivity index (χ0n) is 19.0. The molecule has 0 bridgehead atoms. The molecule has 0 aliphatic carbocycles. The van der Waals surface area contributed by atoms with Crippen molar-refractivity contribution in [1.29, 1.82) is 0 Å². The number of fused-ring (bicyclic) bond motifs is 1. The first kappa shape index (κ1) is 21.7. The number of nitrogens with zero attached hydrogens (tertiary/aromatic N) is 5. The van der Waals surface area contributed by atoms with Gasteiger partial charge in [-0.2, -0.15) is 0 Å². The largest absolute Gasteiger partial charge is 0.369 e. The average molecular weight is 462 g/mol. The number of hydrogen-bond donors (Lipinski definition) is 2. The Morgan fingerprint density at radius 2 is 1.88 bits per heavy atom. The quantitative estimate of drug-likeness (QED) is 0.393. The predicted octanol–water partition coefficient (Wildman–Crippen LogP) is 5.02. The fraction of sp³-hybridized carbons (Fsp3) is 0.320. The van der Waals surface area contributed by atoms with Gasteiger partial charge in [0.2, 0.25) is 5.95 Å². The maximum Gasteiger partial charge on any atom is 0.227 e. The Bertz CT molecular complexity index is 1260.